The molecule has 1 fully saturated rings. The molecule has 1 aromatic carbocycles. The molecule has 0 amide bonds. The topological polar surface area (TPSA) is 87.7 Å². The summed E-state index contributed by atoms with van der Waals surface area (Å²) in [6, 6.07) is 7.25. The molecular formula is C12H13ClN2O4. The fourth-order valence-electron chi connectivity index (χ4n) is 2.33. The van der Waals surface area contributed by atoms with Crippen molar-refractivity contribution in [2.24, 2.45) is 0 Å². The molecule has 7 heteroatoms. The summed E-state index contributed by atoms with van der Waals surface area (Å²) < 4.78 is 6.87. The second-order valence-electron chi connectivity index (χ2n) is 4.48. The van der Waals surface area contributed by atoms with Crippen molar-refractivity contribution in [1.82, 2.24) is 9.78 Å². The van der Waals surface area contributed by atoms with Crippen LogP contribution >= 0.6 is 11.6 Å². The smallest absolute Gasteiger partial charge is 0.179 e. The van der Waals surface area contributed by atoms with Gasteiger partial charge in [-0.2, -0.15) is 5.10 Å². The van der Waals surface area contributed by atoms with E-state index in [1.54, 1.807) is 6.07 Å². The van der Waals surface area contributed by atoms with Gasteiger partial charge in [-0.15, -0.1) is 0 Å². The predicted octanol–water partition coefficient (Wildman–Crippen LogP) is 0.301. The van der Waals surface area contributed by atoms with Crippen molar-refractivity contribution in [2.45, 2.75) is 24.5 Å². The molecule has 0 saturated carbocycles. The van der Waals surface area contributed by atoms with E-state index in [0.29, 0.717) is 10.7 Å². The van der Waals surface area contributed by atoms with Crippen molar-refractivity contribution in [1.29, 1.82) is 0 Å². The Labute approximate surface area is 113 Å². The van der Waals surface area contributed by atoms with E-state index in [1.807, 2.05) is 18.2 Å². The number of hydrogen-bond acceptors (Lipinski definition) is 5. The number of nitrogens with zero attached hydrogens (tertiary/aromatic N) is 2. The average Bonchev–Trinajstić information content (AvgIpc) is 2.90. The third-order valence-electron chi connectivity index (χ3n) is 3.33. The zero-order valence-electron chi connectivity index (χ0n) is 9.85. The average molecular weight is 285 g/mol. The zero-order valence-corrected chi connectivity index (χ0v) is 10.6. The summed E-state index contributed by atoms with van der Waals surface area (Å²) >= 11 is 6.03. The van der Waals surface area contributed by atoms with Crippen LogP contribution in [0.15, 0.2) is 24.3 Å². The van der Waals surface area contributed by atoms with Crippen LogP contribution in [0.25, 0.3) is 10.9 Å². The van der Waals surface area contributed by atoms with Gasteiger partial charge in [0.05, 0.1) is 12.1 Å². The van der Waals surface area contributed by atoms with Gasteiger partial charge in [0.1, 0.15) is 18.3 Å². The van der Waals surface area contributed by atoms with Gasteiger partial charge in [0.15, 0.2) is 11.4 Å². The molecule has 0 aliphatic carbocycles. The summed E-state index contributed by atoms with van der Waals surface area (Å²) in [5.74, 6) is 0. The van der Waals surface area contributed by atoms with Gasteiger partial charge in [-0.1, -0.05) is 23.7 Å². The molecule has 0 spiro atoms. The van der Waals surface area contributed by atoms with E-state index >= 15 is 0 Å². The van der Waals surface area contributed by atoms with Gasteiger partial charge in [0.2, 0.25) is 0 Å². The summed E-state index contributed by atoms with van der Waals surface area (Å²) in [5, 5.41) is 34.0. The number of para-hydroxylation sites is 1. The number of hydrogen-bond donors (Lipinski definition) is 3. The van der Waals surface area contributed by atoms with Gasteiger partial charge < -0.3 is 20.1 Å². The molecule has 0 bridgehead atoms. The summed E-state index contributed by atoms with van der Waals surface area (Å²) in [6.45, 7) is -0.373. The normalized spacial score (nSPS) is 31.2. The summed E-state index contributed by atoms with van der Waals surface area (Å²) in [4.78, 5) is 0. The van der Waals surface area contributed by atoms with E-state index < -0.39 is 24.5 Å². The largest absolute Gasteiger partial charge is 0.394 e. The maximum absolute atomic E-state index is 9.99. The van der Waals surface area contributed by atoms with Crippen molar-refractivity contribution >= 4 is 22.5 Å². The van der Waals surface area contributed by atoms with Crippen LogP contribution in [0.3, 0.4) is 0 Å². The standard InChI is InChI=1S/C12H13ClN2O4/c13-11-6-3-1-2-4-7(6)15(14-11)12-10(18)9(17)8(5-16)19-12/h1-4,8-10,12,16-18H,5H2. The number of aromatic nitrogens is 2. The predicted molar refractivity (Wildman–Crippen MR) is 67.8 cm³/mol. The Morgan fingerprint density at radius 2 is 2.00 bits per heavy atom. The maximum Gasteiger partial charge on any atom is 0.179 e. The second kappa shape index (κ2) is 4.73. The third-order valence-corrected chi connectivity index (χ3v) is 3.61. The van der Waals surface area contributed by atoms with E-state index in [2.05, 4.69) is 5.10 Å². The van der Waals surface area contributed by atoms with E-state index in [1.165, 1.54) is 4.68 Å². The molecule has 1 aliphatic rings. The number of halogens is 1. The monoisotopic (exact) mass is 284 g/mol. The number of aliphatic hydroxyl groups excluding tert-OH is 3. The Kier molecular flexibility index (Phi) is 3.20. The minimum Gasteiger partial charge on any atom is -0.394 e. The first kappa shape index (κ1) is 12.8. The fraction of sp³-hybridized carbons (Fsp3) is 0.417. The Hall–Kier alpha value is -1.18. The molecule has 2 aromatic rings. The number of rotatable bonds is 2. The second-order valence-corrected chi connectivity index (χ2v) is 4.84. The number of aliphatic hydroxyl groups is 3. The van der Waals surface area contributed by atoms with Crippen LogP contribution in [-0.4, -0.2) is 50.0 Å². The number of fused-ring (bicyclic) bond motifs is 1. The first-order valence-corrected chi connectivity index (χ1v) is 6.26. The molecular weight excluding hydrogens is 272 g/mol. The first-order valence-electron chi connectivity index (χ1n) is 5.88. The summed E-state index contributed by atoms with van der Waals surface area (Å²) in [6.07, 6.45) is -4.03. The Balaban J connectivity index is 2.06. The Morgan fingerprint density at radius 1 is 1.26 bits per heavy atom. The SMILES string of the molecule is OCC1OC(n2nc(Cl)c3ccccc32)C(O)C1O. The van der Waals surface area contributed by atoms with E-state index in [0.717, 1.165) is 5.39 Å². The van der Waals surface area contributed by atoms with Gasteiger partial charge in [-0.25, -0.2) is 4.68 Å². The minimum atomic E-state index is -1.17. The van der Waals surface area contributed by atoms with Gasteiger partial charge in [0.25, 0.3) is 0 Å². The molecule has 2 heterocycles. The molecule has 6 nitrogen and oxygen atoms in total. The Morgan fingerprint density at radius 3 is 2.68 bits per heavy atom. The third kappa shape index (κ3) is 1.92. The van der Waals surface area contributed by atoms with E-state index in [9.17, 15) is 10.2 Å². The molecule has 4 unspecified atom stereocenters. The number of ether oxygens (including phenoxy) is 1. The molecule has 1 saturated heterocycles. The Bertz CT molecular complexity index is 602. The van der Waals surface area contributed by atoms with Crippen LogP contribution in [0.4, 0.5) is 0 Å². The van der Waals surface area contributed by atoms with Crippen LogP contribution in [-0.2, 0) is 4.74 Å². The lowest BCUT2D eigenvalue weighted by Gasteiger charge is -2.15. The van der Waals surface area contributed by atoms with Gasteiger partial charge in [-0.3, -0.25) is 0 Å². The highest BCUT2D eigenvalue weighted by Gasteiger charge is 2.44. The minimum absolute atomic E-state index is 0.299. The molecule has 102 valence electrons. The highest BCUT2D eigenvalue weighted by molar-refractivity contribution is 6.34. The summed E-state index contributed by atoms with van der Waals surface area (Å²) in [5.41, 5.74) is 0.697. The lowest BCUT2D eigenvalue weighted by Crippen LogP contribution is -2.33. The van der Waals surface area contributed by atoms with Crippen molar-refractivity contribution in [3.63, 3.8) is 0 Å². The highest BCUT2D eigenvalue weighted by Crippen LogP contribution is 2.33. The first-order chi connectivity index (χ1) is 9.13. The molecule has 3 rings (SSSR count). The van der Waals surface area contributed by atoms with Crippen molar-refractivity contribution in [2.75, 3.05) is 6.61 Å². The van der Waals surface area contributed by atoms with Crippen molar-refractivity contribution in [3.8, 4) is 0 Å². The van der Waals surface area contributed by atoms with Gasteiger partial charge >= 0.3 is 0 Å². The quantitative estimate of drug-likeness (QED) is 0.738. The zero-order chi connectivity index (χ0) is 13.6. The molecule has 4 atom stereocenters. The van der Waals surface area contributed by atoms with E-state index in [-0.39, 0.29) is 6.61 Å². The van der Waals surface area contributed by atoms with E-state index in [4.69, 9.17) is 21.4 Å². The number of benzene rings is 1. The van der Waals surface area contributed by atoms with Crippen molar-refractivity contribution in [3.05, 3.63) is 29.4 Å². The van der Waals surface area contributed by atoms with Gasteiger partial charge in [-0.05, 0) is 12.1 Å². The fourth-order valence-corrected chi connectivity index (χ4v) is 2.57. The lowest BCUT2D eigenvalue weighted by molar-refractivity contribution is -0.0563. The molecule has 0 radical (unpaired) electrons. The van der Waals surface area contributed by atoms with Crippen LogP contribution in [0.2, 0.25) is 5.15 Å². The van der Waals surface area contributed by atoms with Crippen LogP contribution in [0.5, 0.6) is 0 Å². The molecule has 19 heavy (non-hydrogen) atoms. The lowest BCUT2D eigenvalue weighted by atomic mass is 10.1. The van der Waals surface area contributed by atoms with Crippen LogP contribution in [0.1, 0.15) is 6.23 Å². The highest BCUT2D eigenvalue weighted by atomic mass is 35.5. The van der Waals surface area contributed by atoms with Gasteiger partial charge in [0, 0.05) is 5.39 Å². The maximum atomic E-state index is 9.99. The van der Waals surface area contributed by atoms with Crippen LogP contribution < -0.4 is 0 Å². The molecule has 3 N–H and O–H groups in total. The van der Waals surface area contributed by atoms with Crippen LogP contribution in [0, 0.1) is 0 Å². The van der Waals surface area contributed by atoms with Crippen molar-refractivity contribution < 1.29 is 20.1 Å². The molecule has 1 aromatic heterocycles. The summed E-state index contributed by atoms with van der Waals surface area (Å²) in [7, 11) is 0. The molecule has 1 aliphatic heterocycles.